The molecule has 7 nitrogen and oxygen atoms in total. The number of halogens is 1. The molecular weight excluding hydrogens is 408 g/mol. The van der Waals surface area contributed by atoms with E-state index >= 15 is 0 Å². The van der Waals surface area contributed by atoms with Crippen LogP contribution in [0.4, 0.5) is 0 Å². The Hall–Kier alpha value is -2.93. The summed E-state index contributed by atoms with van der Waals surface area (Å²) < 4.78 is 15.8. The highest BCUT2D eigenvalue weighted by Crippen LogP contribution is 2.29. The van der Waals surface area contributed by atoms with Gasteiger partial charge in [-0.05, 0) is 48.7 Å². The summed E-state index contributed by atoms with van der Waals surface area (Å²) in [5, 5.41) is 3.36. The van der Waals surface area contributed by atoms with Gasteiger partial charge in [0.2, 0.25) is 5.91 Å². The second-order valence-corrected chi connectivity index (χ2v) is 7.34. The number of rotatable bonds is 7. The van der Waals surface area contributed by atoms with Crippen LogP contribution in [0.25, 0.3) is 0 Å². The zero-order valence-electron chi connectivity index (χ0n) is 17.2. The summed E-state index contributed by atoms with van der Waals surface area (Å²) in [6.45, 7) is 0.821. The van der Waals surface area contributed by atoms with Crippen LogP contribution in [-0.2, 0) is 11.3 Å². The molecule has 0 bridgehead atoms. The Morgan fingerprint density at radius 3 is 2.43 bits per heavy atom. The lowest BCUT2D eigenvalue weighted by Gasteiger charge is -2.25. The van der Waals surface area contributed by atoms with Crippen molar-refractivity contribution in [1.29, 1.82) is 0 Å². The molecule has 2 aromatic rings. The molecule has 2 amide bonds. The predicted octanol–water partition coefficient (Wildman–Crippen LogP) is 3.29. The van der Waals surface area contributed by atoms with Crippen LogP contribution in [0.5, 0.6) is 17.2 Å². The summed E-state index contributed by atoms with van der Waals surface area (Å²) in [6.07, 6.45) is 1.36. The first kappa shape index (κ1) is 21.8. The summed E-state index contributed by atoms with van der Waals surface area (Å²) >= 11 is 6.06. The Labute approximate surface area is 180 Å². The minimum absolute atomic E-state index is 0.198. The third-order valence-corrected chi connectivity index (χ3v) is 5.36. The quantitative estimate of drug-likeness (QED) is 0.726. The largest absolute Gasteiger partial charge is 0.496 e. The van der Waals surface area contributed by atoms with Crippen molar-refractivity contribution in [1.82, 2.24) is 10.2 Å². The van der Waals surface area contributed by atoms with Gasteiger partial charge in [-0.15, -0.1) is 0 Å². The van der Waals surface area contributed by atoms with Gasteiger partial charge in [0, 0.05) is 18.1 Å². The second-order valence-electron chi connectivity index (χ2n) is 6.91. The summed E-state index contributed by atoms with van der Waals surface area (Å²) in [5.74, 6) is 1.18. The van der Waals surface area contributed by atoms with Gasteiger partial charge < -0.3 is 24.4 Å². The maximum absolute atomic E-state index is 13.1. The van der Waals surface area contributed by atoms with E-state index in [1.165, 1.54) is 7.11 Å². The van der Waals surface area contributed by atoms with Gasteiger partial charge in [0.05, 0.1) is 26.9 Å². The monoisotopic (exact) mass is 432 g/mol. The fourth-order valence-corrected chi connectivity index (χ4v) is 3.75. The third-order valence-electron chi connectivity index (χ3n) is 5.12. The lowest BCUT2D eigenvalue weighted by atomic mass is 10.1. The highest BCUT2D eigenvalue weighted by atomic mass is 35.5. The van der Waals surface area contributed by atoms with Gasteiger partial charge in [-0.3, -0.25) is 9.59 Å². The normalized spacial score (nSPS) is 15.6. The molecule has 2 aromatic carbocycles. The van der Waals surface area contributed by atoms with E-state index in [0.717, 1.165) is 12.0 Å². The lowest BCUT2D eigenvalue weighted by molar-refractivity contribution is -0.125. The second kappa shape index (κ2) is 9.71. The molecule has 0 aromatic heterocycles. The van der Waals surface area contributed by atoms with Crippen molar-refractivity contribution in [3.05, 3.63) is 52.5 Å². The van der Waals surface area contributed by atoms with Crippen molar-refractivity contribution in [2.24, 2.45) is 0 Å². The van der Waals surface area contributed by atoms with E-state index in [9.17, 15) is 9.59 Å². The zero-order valence-corrected chi connectivity index (χ0v) is 18.0. The molecule has 1 aliphatic rings. The number of carbonyl (C=O) groups excluding carboxylic acids is 2. The number of likely N-dealkylation sites (tertiary alicyclic amines) is 1. The first-order valence-corrected chi connectivity index (χ1v) is 9.99. The fraction of sp³-hybridized carbons (Fsp3) is 0.364. The fourth-order valence-electron chi connectivity index (χ4n) is 3.58. The van der Waals surface area contributed by atoms with Crippen molar-refractivity contribution in [3.8, 4) is 17.2 Å². The van der Waals surface area contributed by atoms with E-state index in [2.05, 4.69) is 5.32 Å². The van der Waals surface area contributed by atoms with Gasteiger partial charge in [-0.1, -0.05) is 17.7 Å². The average Bonchev–Trinajstić information content (AvgIpc) is 3.26. The molecule has 0 spiro atoms. The molecule has 8 heteroatoms. The predicted molar refractivity (Wildman–Crippen MR) is 113 cm³/mol. The van der Waals surface area contributed by atoms with E-state index in [4.69, 9.17) is 25.8 Å². The van der Waals surface area contributed by atoms with E-state index < -0.39 is 6.04 Å². The molecule has 30 heavy (non-hydrogen) atoms. The van der Waals surface area contributed by atoms with Gasteiger partial charge >= 0.3 is 0 Å². The molecule has 0 radical (unpaired) electrons. The Balaban J connectivity index is 1.70. The van der Waals surface area contributed by atoms with Crippen molar-refractivity contribution in [2.45, 2.75) is 25.4 Å². The Kier molecular flexibility index (Phi) is 7.05. The van der Waals surface area contributed by atoms with Crippen molar-refractivity contribution >= 4 is 23.4 Å². The van der Waals surface area contributed by atoms with Gasteiger partial charge in [0.15, 0.2) is 11.5 Å². The molecule has 1 fully saturated rings. The molecule has 1 saturated heterocycles. The SMILES string of the molecule is COc1ccc(CNC(=O)C2CCCN2C(=O)c2cc(Cl)ccc2OC)cc1OC. The van der Waals surface area contributed by atoms with E-state index in [1.54, 1.807) is 43.4 Å². The lowest BCUT2D eigenvalue weighted by Crippen LogP contribution is -2.45. The van der Waals surface area contributed by atoms with Crippen molar-refractivity contribution < 1.29 is 23.8 Å². The molecule has 160 valence electrons. The average molecular weight is 433 g/mol. The number of amides is 2. The molecular formula is C22H25ClN2O5. The van der Waals surface area contributed by atoms with Crippen molar-refractivity contribution in [3.63, 3.8) is 0 Å². The Bertz CT molecular complexity index is 934. The molecule has 0 aliphatic carbocycles. The van der Waals surface area contributed by atoms with E-state index in [0.29, 0.717) is 47.3 Å². The van der Waals surface area contributed by atoms with Gasteiger partial charge in [-0.25, -0.2) is 0 Å². The van der Waals surface area contributed by atoms with Crippen LogP contribution in [-0.4, -0.2) is 50.6 Å². The van der Waals surface area contributed by atoms with Crippen molar-refractivity contribution in [2.75, 3.05) is 27.9 Å². The van der Waals surface area contributed by atoms with Crippen LogP contribution in [0.1, 0.15) is 28.8 Å². The minimum Gasteiger partial charge on any atom is -0.496 e. The number of benzene rings is 2. The highest BCUT2D eigenvalue weighted by Gasteiger charge is 2.35. The minimum atomic E-state index is -0.540. The number of hydrogen-bond acceptors (Lipinski definition) is 5. The van der Waals surface area contributed by atoms with Crippen LogP contribution >= 0.6 is 11.6 Å². The summed E-state index contributed by atoms with van der Waals surface area (Å²) in [5.41, 5.74) is 1.22. The topological polar surface area (TPSA) is 77.1 Å². The summed E-state index contributed by atoms with van der Waals surface area (Å²) in [6, 6.07) is 9.80. The van der Waals surface area contributed by atoms with Crippen LogP contribution in [0.2, 0.25) is 5.02 Å². The van der Waals surface area contributed by atoms with Gasteiger partial charge in [-0.2, -0.15) is 0 Å². The third kappa shape index (κ3) is 4.62. The van der Waals surface area contributed by atoms with E-state index in [-0.39, 0.29) is 11.8 Å². The van der Waals surface area contributed by atoms with Gasteiger partial charge in [0.1, 0.15) is 11.8 Å². The maximum Gasteiger partial charge on any atom is 0.258 e. The molecule has 1 heterocycles. The number of nitrogens with zero attached hydrogens (tertiary/aromatic N) is 1. The molecule has 1 aliphatic heterocycles. The molecule has 1 unspecified atom stereocenters. The Morgan fingerprint density at radius 2 is 1.73 bits per heavy atom. The zero-order chi connectivity index (χ0) is 21.7. The standard InChI is InChI=1S/C22H25ClN2O5/c1-28-18-9-7-15(23)12-16(18)22(27)25-10-4-5-17(25)21(26)24-13-14-6-8-19(29-2)20(11-14)30-3/h6-9,11-12,17H,4-5,10,13H2,1-3H3,(H,24,26). The summed E-state index contributed by atoms with van der Waals surface area (Å²) in [4.78, 5) is 27.5. The smallest absolute Gasteiger partial charge is 0.258 e. The van der Waals surface area contributed by atoms with Crippen LogP contribution in [0.3, 0.4) is 0 Å². The first-order valence-electron chi connectivity index (χ1n) is 9.61. The van der Waals surface area contributed by atoms with Crippen LogP contribution in [0.15, 0.2) is 36.4 Å². The molecule has 1 N–H and O–H groups in total. The van der Waals surface area contributed by atoms with Crippen LogP contribution in [0, 0.1) is 0 Å². The number of hydrogen-bond donors (Lipinski definition) is 1. The number of nitrogens with one attached hydrogen (secondary N) is 1. The Morgan fingerprint density at radius 1 is 1.03 bits per heavy atom. The molecule has 3 rings (SSSR count). The summed E-state index contributed by atoms with van der Waals surface area (Å²) in [7, 11) is 4.63. The number of methoxy groups -OCH3 is 3. The van der Waals surface area contributed by atoms with Gasteiger partial charge in [0.25, 0.3) is 5.91 Å². The molecule has 1 atom stereocenters. The number of carbonyl (C=O) groups is 2. The number of ether oxygens (including phenoxy) is 3. The van der Waals surface area contributed by atoms with Crippen LogP contribution < -0.4 is 19.5 Å². The van der Waals surface area contributed by atoms with E-state index in [1.807, 2.05) is 12.1 Å². The maximum atomic E-state index is 13.1. The first-order chi connectivity index (χ1) is 14.5. The molecule has 0 saturated carbocycles. The highest BCUT2D eigenvalue weighted by molar-refractivity contribution is 6.31.